The second kappa shape index (κ2) is 9.42. The molecule has 2 unspecified atom stereocenters. The molecule has 66 valence electrons. The molecular weight excluding hydrogens is 181 g/mol. The van der Waals surface area contributed by atoms with E-state index < -0.39 is 14.6 Å². The van der Waals surface area contributed by atoms with Gasteiger partial charge < -0.3 is 9.69 Å². The van der Waals surface area contributed by atoms with E-state index in [2.05, 4.69) is 4.52 Å². The highest BCUT2D eigenvalue weighted by molar-refractivity contribution is 7.32. The van der Waals surface area contributed by atoms with Crippen LogP contribution in [0.25, 0.3) is 0 Å². The predicted octanol–water partition coefficient (Wildman–Crippen LogP) is 0.979. The van der Waals surface area contributed by atoms with Gasteiger partial charge in [-0.3, -0.25) is 9.09 Å². The summed E-state index contributed by atoms with van der Waals surface area (Å²) in [5.74, 6) is 0. The summed E-state index contributed by atoms with van der Waals surface area (Å²) in [7, 11) is -3.30. The minimum absolute atomic E-state index is 0.102. The fraction of sp³-hybridized carbons (Fsp3) is 0.250. The summed E-state index contributed by atoms with van der Waals surface area (Å²) >= 11 is 0. The number of hydrogen-bond acceptors (Lipinski definition) is 3. The van der Waals surface area contributed by atoms with E-state index in [4.69, 9.17) is 9.69 Å². The number of rotatable bonds is 3. The molecule has 0 heterocycles. The zero-order chi connectivity index (χ0) is 9.28. The van der Waals surface area contributed by atoms with E-state index in [9.17, 15) is 13.3 Å². The van der Waals surface area contributed by atoms with Crippen molar-refractivity contribution in [2.45, 2.75) is 6.36 Å². The van der Waals surface area contributed by atoms with Gasteiger partial charge in [-0.2, -0.15) is 0 Å². The number of carbonyl (C=O) groups excluding carboxylic acids is 1. The fourth-order valence-corrected chi connectivity index (χ4v) is 0.464. The van der Waals surface area contributed by atoms with E-state index in [-0.39, 0.29) is 6.33 Å². The first kappa shape index (κ1) is 13.0. The zero-order valence-electron chi connectivity index (χ0n) is 5.37. The maximum atomic E-state index is 11.8. The molecule has 0 fully saturated rings. The summed E-state index contributed by atoms with van der Waals surface area (Å²) in [6.45, 7) is 2.00. The molecule has 4 nitrogen and oxygen atoms in total. The highest BCUT2D eigenvalue weighted by atomic mass is 31.1. The Balaban J connectivity index is 0. The van der Waals surface area contributed by atoms with Crippen LogP contribution in [0.1, 0.15) is 0 Å². The molecule has 0 aliphatic carbocycles. The quantitative estimate of drug-likeness (QED) is 0.670. The molecule has 0 spiro atoms. The van der Waals surface area contributed by atoms with Crippen molar-refractivity contribution >= 4 is 15.0 Å². The molecule has 11 heavy (non-hydrogen) atoms. The van der Waals surface area contributed by atoms with Crippen molar-refractivity contribution < 1.29 is 27.6 Å². The SMILES string of the molecule is C=O.O=[PH](O)OC(F)C=CF. The van der Waals surface area contributed by atoms with Gasteiger partial charge in [0.1, 0.15) is 6.79 Å². The molecule has 0 saturated heterocycles. The molecule has 1 N–H and O–H groups in total. The smallest absolute Gasteiger partial charge is 0.319 e. The lowest BCUT2D eigenvalue weighted by Crippen LogP contribution is -1.93. The lowest BCUT2D eigenvalue weighted by molar-refractivity contribution is -0.0980. The van der Waals surface area contributed by atoms with Gasteiger partial charge in [-0.25, -0.2) is 8.78 Å². The van der Waals surface area contributed by atoms with Crippen molar-refractivity contribution in [3.63, 3.8) is 0 Å². The third-order valence-electron chi connectivity index (χ3n) is 0.437. The van der Waals surface area contributed by atoms with Gasteiger partial charge in [-0.15, -0.1) is 0 Å². The Morgan fingerprint density at radius 3 is 2.36 bits per heavy atom. The van der Waals surface area contributed by atoms with E-state index >= 15 is 0 Å². The Hall–Kier alpha value is -0.580. The Morgan fingerprint density at radius 1 is 1.64 bits per heavy atom. The van der Waals surface area contributed by atoms with Crippen LogP contribution >= 0.6 is 8.25 Å². The molecule has 0 aromatic rings. The minimum atomic E-state index is -3.30. The second-order valence-electron chi connectivity index (χ2n) is 1.05. The predicted molar refractivity (Wildman–Crippen MR) is 34.6 cm³/mol. The summed E-state index contributed by atoms with van der Waals surface area (Å²) in [4.78, 5) is 15.9. The topological polar surface area (TPSA) is 63.6 Å². The van der Waals surface area contributed by atoms with Gasteiger partial charge in [-0.1, -0.05) is 0 Å². The summed E-state index contributed by atoms with van der Waals surface area (Å²) in [6.07, 6.45) is -1.86. The number of alkyl halides is 1. The molecule has 0 bridgehead atoms. The van der Waals surface area contributed by atoms with E-state index in [0.29, 0.717) is 6.08 Å². The molecule has 0 aliphatic rings. The summed E-state index contributed by atoms with van der Waals surface area (Å²) in [6, 6.07) is 0. The maximum absolute atomic E-state index is 11.8. The second-order valence-corrected chi connectivity index (χ2v) is 1.82. The van der Waals surface area contributed by atoms with Crippen molar-refractivity contribution in [1.82, 2.24) is 0 Å². The molecule has 7 heteroatoms. The zero-order valence-corrected chi connectivity index (χ0v) is 6.37. The van der Waals surface area contributed by atoms with Crippen molar-refractivity contribution in [2.24, 2.45) is 0 Å². The molecule has 0 saturated carbocycles. The van der Waals surface area contributed by atoms with Gasteiger partial charge in [0.15, 0.2) is 0 Å². The van der Waals surface area contributed by atoms with Gasteiger partial charge in [0, 0.05) is 6.08 Å². The van der Waals surface area contributed by atoms with Gasteiger partial charge in [-0.05, 0) is 0 Å². The van der Waals surface area contributed by atoms with Gasteiger partial charge in [0.2, 0.25) is 6.36 Å². The Bertz CT molecular complexity index is 140. The third-order valence-corrected chi connectivity index (χ3v) is 0.864. The molecule has 0 rings (SSSR count). The van der Waals surface area contributed by atoms with Crippen molar-refractivity contribution in [3.05, 3.63) is 12.4 Å². The van der Waals surface area contributed by atoms with Crippen molar-refractivity contribution in [1.29, 1.82) is 0 Å². The monoisotopic (exact) mass is 188 g/mol. The molecule has 0 aromatic heterocycles. The molecule has 0 aromatic carbocycles. The van der Waals surface area contributed by atoms with E-state index in [1.165, 1.54) is 0 Å². The first-order chi connectivity index (χ1) is 5.16. The van der Waals surface area contributed by atoms with Crippen LogP contribution in [0.5, 0.6) is 0 Å². The summed E-state index contributed by atoms with van der Waals surface area (Å²) < 4.78 is 36.0. The Labute approximate surface area is 62.4 Å². The van der Waals surface area contributed by atoms with Crippen molar-refractivity contribution in [2.75, 3.05) is 0 Å². The van der Waals surface area contributed by atoms with Crippen LogP contribution in [0.2, 0.25) is 0 Å². The van der Waals surface area contributed by atoms with Crippen LogP contribution in [0.3, 0.4) is 0 Å². The van der Waals surface area contributed by atoms with Crippen LogP contribution in [-0.4, -0.2) is 18.0 Å². The summed E-state index contributed by atoms with van der Waals surface area (Å²) in [5, 5.41) is 0. The van der Waals surface area contributed by atoms with Gasteiger partial charge in [0.25, 0.3) is 0 Å². The first-order valence-electron chi connectivity index (χ1n) is 2.26. The number of hydrogen-bond donors (Lipinski definition) is 1. The third kappa shape index (κ3) is 12.6. The average molecular weight is 188 g/mol. The van der Waals surface area contributed by atoms with Crippen LogP contribution in [0, 0.1) is 0 Å². The van der Waals surface area contributed by atoms with E-state index in [1.807, 2.05) is 6.79 Å². The van der Waals surface area contributed by atoms with Crippen LogP contribution in [0.15, 0.2) is 12.4 Å². The Kier molecular flexibility index (Phi) is 11.2. The number of halogens is 2. The lowest BCUT2D eigenvalue weighted by Gasteiger charge is -1.97. The first-order valence-corrected chi connectivity index (χ1v) is 3.52. The molecular formula is C4H7F2O4P. The Morgan fingerprint density at radius 2 is 2.09 bits per heavy atom. The van der Waals surface area contributed by atoms with E-state index in [1.54, 1.807) is 0 Å². The molecule has 0 amide bonds. The van der Waals surface area contributed by atoms with Gasteiger partial charge in [0.05, 0.1) is 6.33 Å². The van der Waals surface area contributed by atoms with Crippen LogP contribution in [-0.2, 0) is 13.9 Å². The summed E-state index contributed by atoms with van der Waals surface area (Å²) in [5.41, 5.74) is 0. The van der Waals surface area contributed by atoms with Crippen LogP contribution in [0.4, 0.5) is 8.78 Å². The highest BCUT2D eigenvalue weighted by Gasteiger charge is 2.02. The van der Waals surface area contributed by atoms with E-state index in [0.717, 1.165) is 0 Å². The minimum Gasteiger partial charge on any atom is -0.326 e. The van der Waals surface area contributed by atoms with Crippen molar-refractivity contribution in [3.8, 4) is 0 Å². The molecule has 0 radical (unpaired) electrons. The standard InChI is InChI=1S/C3H5F2O3P.CH2O/c4-2-1-3(5)8-9(6)7;1-2/h1-3,9H,(H,6,7);1H2. The number of carbonyl (C=O) groups is 1. The lowest BCUT2D eigenvalue weighted by atomic mass is 10.7. The maximum Gasteiger partial charge on any atom is 0.319 e. The molecule has 2 atom stereocenters. The highest BCUT2D eigenvalue weighted by Crippen LogP contribution is 2.18. The van der Waals surface area contributed by atoms with Crippen LogP contribution < -0.4 is 0 Å². The fourth-order valence-electron chi connectivity index (χ4n) is 0.193. The molecule has 0 aliphatic heterocycles. The van der Waals surface area contributed by atoms with Gasteiger partial charge >= 0.3 is 8.25 Å². The normalized spacial score (nSPS) is 15.2. The largest absolute Gasteiger partial charge is 0.326 e. The average Bonchev–Trinajstić information content (AvgIpc) is 1.91.